The Kier molecular flexibility index (Phi) is 7.08. The van der Waals surface area contributed by atoms with E-state index in [-0.39, 0.29) is 5.41 Å². The van der Waals surface area contributed by atoms with Crippen LogP contribution in [0, 0.1) is 0 Å². The minimum absolute atomic E-state index is 0.0684. The number of furan rings is 1. The molecule has 48 heavy (non-hydrogen) atoms. The van der Waals surface area contributed by atoms with Crippen molar-refractivity contribution in [3.05, 3.63) is 175 Å². The lowest BCUT2D eigenvalue weighted by Crippen LogP contribution is -2.30. The van der Waals surface area contributed by atoms with Crippen molar-refractivity contribution in [2.45, 2.75) is 37.5 Å². The van der Waals surface area contributed by atoms with Gasteiger partial charge in [0.25, 0.3) is 0 Å². The van der Waals surface area contributed by atoms with E-state index in [0.717, 1.165) is 39.0 Å². The van der Waals surface area contributed by atoms with Gasteiger partial charge >= 0.3 is 0 Å². The topological polar surface area (TPSA) is 16.4 Å². The molecule has 0 amide bonds. The van der Waals surface area contributed by atoms with E-state index in [0.29, 0.717) is 0 Å². The molecule has 2 nitrogen and oxygen atoms in total. The Labute approximate surface area is 281 Å². The number of fused-ring (bicyclic) bond motifs is 4. The minimum atomic E-state index is 0.0684. The van der Waals surface area contributed by atoms with Gasteiger partial charge in [-0.1, -0.05) is 128 Å². The van der Waals surface area contributed by atoms with Gasteiger partial charge in [0.15, 0.2) is 0 Å². The van der Waals surface area contributed by atoms with Crippen LogP contribution in [-0.2, 0) is 5.41 Å². The van der Waals surface area contributed by atoms with Gasteiger partial charge in [0.2, 0.25) is 0 Å². The molecule has 0 saturated heterocycles. The second-order valence-corrected chi connectivity index (χ2v) is 13.3. The third-order valence-corrected chi connectivity index (χ3v) is 10.5. The van der Waals surface area contributed by atoms with E-state index in [9.17, 15) is 0 Å². The summed E-state index contributed by atoms with van der Waals surface area (Å²) in [6, 6.07) is 59.7. The van der Waals surface area contributed by atoms with E-state index in [4.69, 9.17) is 4.42 Å². The number of rotatable bonds is 6. The first-order valence-electron chi connectivity index (χ1n) is 17.2. The quantitative estimate of drug-likeness (QED) is 0.184. The van der Waals surface area contributed by atoms with Crippen molar-refractivity contribution in [3.8, 4) is 11.1 Å². The molecule has 9 rings (SSSR count). The van der Waals surface area contributed by atoms with E-state index < -0.39 is 0 Å². The fourth-order valence-corrected chi connectivity index (χ4v) is 8.06. The van der Waals surface area contributed by atoms with Gasteiger partial charge in [-0.3, -0.25) is 0 Å². The molecule has 1 aliphatic carbocycles. The lowest BCUT2D eigenvalue weighted by atomic mass is 9.65. The SMILES string of the molecule is c1ccc(C2(c3ccc(N(c4ccc(-c5ccc6ccccc6c5)cc4)c4ccc5oc6ccccc6c5c4)cc3)CCCCC2)cc1. The van der Waals surface area contributed by atoms with Gasteiger partial charge in [0.05, 0.1) is 0 Å². The highest BCUT2D eigenvalue weighted by Crippen LogP contribution is 2.46. The molecule has 7 aromatic carbocycles. The van der Waals surface area contributed by atoms with Crippen LogP contribution in [0.1, 0.15) is 43.2 Å². The Morgan fingerprint density at radius 1 is 0.417 bits per heavy atom. The summed E-state index contributed by atoms with van der Waals surface area (Å²) in [5.74, 6) is 0. The van der Waals surface area contributed by atoms with Gasteiger partial charge in [0.1, 0.15) is 11.2 Å². The third kappa shape index (κ3) is 4.96. The van der Waals surface area contributed by atoms with Crippen LogP contribution in [0.2, 0.25) is 0 Å². The maximum Gasteiger partial charge on any atom is 0.135 e. The second-order valence-electron chi connectivity index (χ2n) is 13.3. The lowest BCUT2D eigenvalue weighted by Gasteiger charge is -2.39. The van der Waals surface area contributed by atoms with Crippen LogP contribution in [0.4, 0.5) is 17.1 Å². The molecule has 2 heteroatoms. The van der Waals surface area contributed by atoms with E-state index in [1.807, 2.05) is 12.1 Å². The first-order valence-corrected chi connectivity index (χ1v) is 17.2. The highest BCUT2D eigenvalue weighted by molar-refractivity contribution is 6.06. The molecule has 0 atom stereocenters. The number of anilines is 3. The summed E-state index contributed by atoms with van der Waals surface area (Å²) in [4.78, 5) is 2.38. The van der Waals surface area contributed by atoms with Crippen LogP contribution < -0.4 is 4.90 Å². The Hall–Kier alpha value is -5.60. The first-order chi connectivity index (χ1) is 23.7. The van der Waals surface area contributed by atoms with Crippen LogP contribution in [0.3, 0.4) is 0 Å². The van der Waals surface area contributed by atoms with Crippen molar-refractivity contribution < 1.29 is 4.42 Å². The van der Waals surface area contributed by atoms with Crippen molar-refractivity contribution in [2.75, 3.05) is 4.90 Å². The Morgan fingerprint density at radius 3 is 1.81 bits per heavy atom. The van der Waals surface area contributed by atoms with Crippen LogP contribution in [0.5, 0.6) is 0 Å². The average molecular weight is 620 g/mol. The smallest absolute Gasteiger partial charge is 0.135 e. The standard InChI is InChI=1S/C46H37NO/c1-3-13-37(14-4-1)46(29-9-2-10-30-46)38-21-25-40(26-22-38)47(41-27-28-45-43(32-41)42-15-7-8-16-44(42)48-45)39-23-19-34(20-24-39)36-18-17-33-11-5-6-12-35(33)31-36/h1,3-8,11-28,31-32H,2,9-10,29-30H2. The monoisotopic (exact) mass is 619 g/mol. The molecule has 1 aromatic heterocycles. The largest absolute Gasteiger partial charge is 0.456 e. The van der Waals surface area contributed by atoms with Gasteiger partial charge in [-0.15, -0.1) is 0 Å². The van der Waals surface area contributed by atoms with Crippen molar-refractivity contribution in [1.29, 1.82) is 0 Å². The molecule has 8 aromatic rings. The molecule has 1 saturated carbocycles. The molecule has 0 aliphatic heterocycles. The predicted octanol–water partition coefficient (Wildman–Crippen LogP) is 13.1. The van der Waals surface area contributed by atoms with Crippen LogP contribution >= 0.6 is 0 Å². The second kappa shape index (κ2) is 11.9. The summed E-state index contributed by atoms with van der Waals surface area (Å²) in [5.41, 5.74) is 10.5. The van der Waals surface area contributed by atoms with Crippen LogP contribution in [0.25, 0.3) is 43.8 Å². The molecular formula is C46H37NO. The normalized spacial score (nSPS) is 14.4. The summed E-state index contributed by atoms with van der Waals surface area (Å²) in [6.07, 6.45) is 6.25. The summed E-state index contributed by atoms with van der Waals surface area (Å²) in [5, 5.41) is 4.78. The van der Waals surface area contributed by atoms with Crippen molar-refractivity contribution >= 4 is 49.8 Å². The zero-order valence-electron chi connectivity index (χ0n) is 27.0. The molecule has 1 aliphatic rings. The Bertz CT molecular complexity index is 2360. The van der Waals surface area contributed by atoms with Gasteiger partial charge in [-0.25, -0.2) is 0 Å². The summed E-state index contributed by atoms with van der Waals surface area (Å²) < 4.78 is 6.21. The number of para-hydroxylation sites is 1. The van der Waals surface area contributed by atoms with E-state index >= 15 is 0 Å². The van der Waals surface area contributed by atoms with E-state index in [1.165, 1.54) is 65.1 Å². The van der Waals surface area contributed by atoms with Gasteiger partial charge in [0, 0.05) is 33.2 Å². The van der Waals surface area contributed by atoms with Crippen molar-refractivity contribution in [2.24, 2.45) is 0 Å². The van der Waals surface area contributed by atoms with Crippen molar-refractivity contribution in [1.82, 2.24) is 0 Å². The zero-order chi connectivity index (χ0) is 31.9. The maximum atomic E-state index is 6.21. The molecule has 1 heterocycles. The highest BCUT2D eigenvalue weighted by atomic mass is 16.3. The molecule has 1 fully saturated rings. The van der Waals surface area contributed by atoms with Gasteiger partial charge in [-0.2, -0.15) is 0 Å². The number of hydrogen-bond donors (Lipinski definition) is 0. The highest BCUT2D eigenvalue weighted by Gasteiger charge is 2.35. The molecule has 0 N–H and O–H groups in total. The predicted molar refractivity (Wildman–Crippen MR) is 202 cm³/mol. The average Bonchev–Trinajstić information content (AvgIpc) is 3.54. The Balaban J connectivity index is 1.15. The summed E-state index contributed by atoms with van der Waals surface area (Å²) >= 11 is 0. The van der Waals surface area contributed by atoms with E-state index in [2.05, 4.69) is 157 Å². The van der Waals surface area contributed by atoms with Crippen LogP contribution in [0.15, 0.2) is 168 Å². The number of nitrogens with zero attached hydrogens (tertiary/aromatic N) is 1. The summed E-state index contributed by atoms with van der Waals surface area (Å²) in [7, 11) is 0. The minimum Gasteiger partial charge on any atom is -0.456 e. The van der Waals surface area contributed by atoms with Gasteiger partial charge < -0.3 is 9.32 Å². The van der Waals surface area contributed by atoms with Crippen molar-refractivity contribution in [3.63, 3.8) is 0 Å². The number of benzene rings is 7. The van der Waals surface area contributed by atoms with E-state index in [1.54, 1.807) is 0 Å². The molecule has 0 spiro atoms. The fourth-order valence-electron chi connectivity index (χ4n) is 8.06. The zero-order valence-corrected chi connectivity index (χ0v) is 27.0. The van der Waals surface area contributed by atoms with Gasteiger partial charge in [-0.05, 0) is 100 Å². The molecule has 0 unspecified atom stereocenters. The molecule has 0 radical (unpaired) electrons. The lowest BCUT2D eigenvalue weighted by molar-refractivity contribution is 0.346. The molecule has 232 valence electrons. The Morgan fingerprint density at radius 2 is 1.02 bits per heavy atom. The first kappa shape index (κ1) is 28.6. The third-order valence-electron chi connectivity index (χ3n) is 10.5. The van der Waals surface area contributed by atoms with Crippen LogP contribution in [-0.4, -0.2) is 0 Å². The molecule has 0 bridgehead atoms. The summed E-state index contributed by atoms with van der Waals surface area (Å²) in [6.45, 7) is 0. The maximum absolute atomic E-state index is 6.21. The number of hydrogen-bond acceptors (Lipinski definition) is 2. The fraction of sp³-hybridized carbons (Fsp3) is 0.130. The molecular weight excluding hydrogens is 583 g/mol.